The summed E-state index contributed by atoms with van der Waals surface area (Å²) < 4.78 is 0. The molecule has 0 radical (unpaired) electrons. The molecule has 0 saturated carbocycles. The van der Waals surface area contributed by atoms with E-state index in [1.807, 2.05) is 0 Å². The zero-order valence-electron chi connectivity index (χ0n) is 11.1. The third kappa shape index (κ3) is 6.06. The Hall–Kier alpha value is -0.570. The molecular formula is C14H27NO2. The molecule has 0 aromatic carbocycles. The number of hydrogen-bond acceptors (Lipinski definition) is 2. The highest BCUT2D eigenvalue weighted by atomic mass is 16.4. The van der Waals surface area contributed by atoms with Gasteiger partial charge in [0.2, 0.25) is 0 Å². The van der Waals surface area contributed by atoms with Crippen LogP contribution in [0.4, 0.5) is 0 Å². The van der Waals surface area contributed by atoms with E-state index in [1.54, 1.807) is 0 Å². The SMILES string of the molecule is CCCCCCCC[C@H]1CCN[C@@H](C(=O)O)C1. The molecule has 1 aliphatic rings. The fourth-order valence-electron chi connectivity index (χ4n) is 2.66. The van der Waals surface area contributed by atoms with Crippen molar-refractivity contribution in [3.63, 3.8) is 0 Å². The molecule has 1 fully saturated rings. The van der Waals surface area contributed by atoms with Crippen LogP contribution in [-0.4, -0.2) is 23.7 Å². The Balaban J connectivity index is 2.04. The molecule has 3 heteroatoms. The van der Waals surface area contributed by atoms with Crippen molar-refractivity contribution in [2.45, 2.75) is 70.8 Å². The average molecular weight is 241 g/mol. The van der Waals surface area contributed by atoms with Crippen molar-refractivity contribution < 1.29 is 9.90 Å². The molecule has 1 saturated heterocycles. The molecule has 0 bridgehead atoms. The third-order valence-electron chi connectivity index (χ3n) is 3.78. The molecule has 0 amide bonds. The van der Waals surface area contributed by atoms with E-state index in [1.165, 1.54) is 44.9 Å². The highest BCUT2D eigenvalue weighted by Gasteiger charge is 2.25. The first-order valence-corrected chi connectivity index (χ1v) is 7.20. The van der Waals surface area contributed by atoms with Gasteiger partial charge in [-0.2, -0.15) is 0 Å². The minimum Gasteiger partial charge on any atom is -0.480 e. The monoisotopic (exact) mass is 241 g/mol. The minimum absolute atomic E-state index is 0.297. The van der Waals surface area contributed by atoms with Gasteiger partial charge in [-0.1, -0.05) is 51.9 Å². The van der Waals surface area contributed by atoms with Gasteiger partial charge in [0.25, 0.3) is 0 Å². The average Bonchev–Trinajstić information content (AvgIpc) is 2.34. The van der Waals surface area contributed by atoms with Crippen LogP contribution >= 0.6 is 0 Å². The molecule has 0 unspecified atom stereocenters. The second-order valence-corrected chi connectivity index (χ2v) is 5.29. The Labute approximate surface area is 105 Å². The summed E-state index contributed by atoms with van der Waals surface area (Å²) in [6.07, 6.45) is 11.2. The second kappa shape index (κ2) is 8.51. The quantitative estimate of drug-likeness (QED) is 0.642. The van der Waals surface area contributed by atoms with Gasteiger partial charge >= 0.3 is 5.97 Å². The largest absolute Gasteiger partial charge is 0.480 e. The summed E-state index contributed by atoms with van der Waals surface area (Å²) >= 11 is 0. The fraction of sp³-hybridized carbons (Fsp3) is 0.929. The number of piperidine rings is 1. The lowest BCUT2D eigenvalue weighted by molar-refractivity contribution is -0.140. The molecule has 0 aliphatic carbocycles. The molecule has 0 aromatic rings. The predicted molar refractivity (Wildman–Crippen MR) is 70.1 cm³/mol. The molecule has 100 valence electrons. The maximum absolute atomic E-state index is 10.9. The van der Waals surface area contributed by atoms with Gasteiger partial charge in [0.15, 0.2) is 0 Å². The van der Waals surface area contributed by atoms with E-state index < -0.39 is 5.97 Å². The first-order valence-electron chi connectivity index (χ1n) is 7.20. The van der Waals surface area contributed by atoms with Gasteiger partial charge in [-0.3, -0.25) is 4.79 Å². The molecule has 1 heterocycles. The molecule has 0 aromatic heterocycles. The van der Waals surface area contributed by atoms with E-state index in [-0.39, 0.29) is 6.04 Å². The molecule has 3 nitrogen and oxygen atoms in total. The number of hydrogen-bond donors (Lipinski definition) is 2. The van der Waals surface area contributed by atoms with E-state index in [4.69, 9.17) is 5.11 Å². The Morgan fingerprint density at radius 2 is 1.94 bits per heavy atom. The van der Waals surface area contributed by atoms with Crippen LogP contribution in [0.2, 0.25) is 0 Å². The van der Waals surface area contributed by atoms with Crippen molar-refractivity contribution in [1.82, 2.24) is 5.32 Å². The number of unbranched alkanes of at least 4 members (excludes halogenated alkanes) is 5. The number of nitrogens with one attached hydrogen (secondary N) is 1. The molecule has 1 rings (SSSR count). The second-order valence-electron chi connectivity index (χ2n) is 5.29. The van der Waals surface area contributed by atoms with E-state index in [2.05, 4.69) is 12.2 Å². The van der Waals surface area contributed by atoms with Crippen LogP contribution in [-0.2, 0) is 4.79 Å². The zero-order valence-corrected chi connectivity index (χ0v) is 11.1. The summed E-state index contributed by atoms with van der Waals surface area (Å²) in [6.45, 7) is 3.11. The molecule has 17 heavy (non-hydrogen) atoms. The number of aliphatic carboxylic acids is 1. The first-order chi connectivity index (χ1) is 8.24. The smallest absolute Gasteiger partial charge is 0.320 e. The highest BCUT2D eigenvalue weighted by molar-refractivity contribution is 5.73. The van der Waals surface area contributed by atoms with Crippen molar-refractivity contribution >= 4 is 5.97 Å². The predicted octanol–water partition coefficient (Wildman–Crippen LogP) is 3.19. The number of carboxylic acid groups (broad SMARTS) is 1. The van der Waals surface area contributed by atoms with Gasteiger partial charge in [0.1, 0.15) is 6.04 Å². The van der Waals surface area contributed by atoms with Crippen LogP contribution in [0, 0.1) is 5.92 Å². The Kier molecular flexibility index (Phi) is 7.25. The lowest BCUT2D eigenvalue weighted by Gasteiger charge is -2.27. The van der Waals surface area contributed by atoms with Gasteiger partial charge in [-0.25, -0.2) is 0 Å². The van der Waals surface area contributed by atoms with Crippen LogP contribution in [0.25, 0.3) is 0 Å². The van der Waals surface area contributed by atoms with Crippen LogP contribution in [0.1, 0.15) is 64.7 Å². The minimum atomic E-state index is -0.683. The number of carboxylic acids is 1. The van der Waals surface area contributed by atoms with Crippen molar-refractivity contribution in [3.05, 3.63) is 0 Å². The first kappa shape index (κ1) is 14.5. The van der Waals surface area contributed by atoms with E-state index in [0.717, 1.165) is 19.4 Å². The summed E-state index contributed by atoms with van der Waals surface area (Å²) in [6, 6.07) is -0.297. The summed E-state index contributed by atoms with van der Waals surface area (Å²) in [5.74, 6) is -0.0545. The zero-order chi connectivity index (χ0) is 12.5. The summed E-state index contributed by atoms with van der Waals surface area (Å²) in [5.41, 5.74) is 0. The number of carbonyl (C=O) groups is 1. The summed E-state index contributed by atoms with van der Waals surface area (Å²) in [5, 5.41) is 12.0. The van der Waals surface area contributed by atoms with Crippen LogP contribution in [0.15, 0.2) is 0 Å². The topological polar surface area (TPSA) is 49.3 Å². The van der Waals surface area contributed by atoms with Crippen LogP contribution < -0.4 is 5.32 Å². The van der Waals surface area contributed by atoms with Crippen LogP contribution in [0.5, 0.6) is 0 Å². The van der Waals surface area contributed by atoms with Crippen molar-refractivity contribution in [2.75, 3.05) is 6.54 Å². The van der Waals surface area contributed by atoms with Crippen molar-refractivity contribution in [3.8, 4) is 0 Å². The Bertz CT molecular complexity index is 218. The Morgan fingerprint density at radius 1 is 1.24 bits per heavy atom. The van der Waals surface area contributed by atoms with Crippen molar-refractivity contribution in [1.29, 1.82) is 0 Å². The third-order valence-corrected chi connectivity index (χ3v) is 3.78. The highest BCUT2D eigenvalue weighted by Crippen LogP contribution is 2.23. The van der Waals surface area contributed by atoms with Gasteiger partial charge < -0.3 is 10.4 Å². The normalized spacial score (nSPS) is 24.8. The maximum atomic E-state index is 10.9. The van der Waals surface area contributed by atoms with Gasteiger partial charge in [-0.15, -0.1) is 0 Å². The molecular weight excluding hydrogens is 214 g/mol. The van der Waals surface area contributed by atoms with Gasteiger partial charge in [0.05, 0.1) is 0 Å². The lowest BCUT2D eigenvalue weighted by atomic mass is 9.88. The fourth-order valence-corrected chi connectivity index (χ4v) is 2.66. The van der Waals surface area contributed by atoms with E-state index >= 15 is 0 Å². The lowest BCUT2D eigenvalue weighted by Crippen LogP contribution is -2.43. The summed E-state index contributed by atoms with van der Waals surface area (Å²) in [4.78, 5) is 10.9. The Morgan fingerprint density at radius 3 is 2.65 bits per heavy atom. The van der Waals surface area contributed by atoms with E-state index in [0.29, 0.717) is 5.92 Å². The van der Waals surface area contributed by atoms with Crippen LogP contribution in [0.3, 0.4) is 0 Å². The maximum Gasteiger partial charge on any atom is 0.320 e. The molecule has 2 N–H and O–H groups in total. The molecule has 0 spiro atoms. The van der Waals surface area contributed by atoms with Gasteiger partial charge in [-0.05, 0) is 25.3 Å². The molecule has 2 atom stereocenters. The molecule has 1 aliphatic heterocycles. The van der Waals surface area contributed by atoms with Crippen molar-refractivity contribution in [2.24, 2.45) is 5.92 Å². The summed E-state index contributed by atoms with van der Waals surface area (Å²) in [7, 11) is 0. The van der Waals surface area contributed by atoms with E-state index in [9.17, 15) is 4.79 Å². The van der Waals surface area contributed by atoms with Gasteiger partial charge in [0, 0.05) is 0 Å². The standard InChI is InChI=1S/C14H27NO2/c1-2-3-4-5-6-7-8-12-9-10-15-13(11-12)14(16)17/h12-13,15H,2-11H2,1H3,(H,16,17)/t12-,13+/m0/s1. The number of rotatable bonds is 8.